The maximum Gasteiger partial charge on any atom is 0.302 e. The molecule has 17 heavy (non-hydrogen) atoms. The van der Waals surface area contributed by atoms with Crippen LogP contribution >= 0.6 is 0 Å². The third kappa shape index (κ3) is 4.39. The first-order chi connectivity index (χ1) is 8.15. The fraction of sp³-hybridized carbons (Fsp3) is 0.231. The molecule has 0 spiro atoms. The molecule has 0 N–H and O–H groups in total. The van der Waals surface area contributed by atoms with E-state index in [1.807, 2.05) is 18.2 Å². The highest BCUT2D eigenvalue weighted by Crippen LogP contribution is 2.13. The molecule has 0 unspecified atom stereocenters. The molecular weight excluding hydrogens is 218 g/mol. The Hall–Kier alpha value is -2.28. The van der Waals surface area contributed by atoms with Gasteiger partial charge in [-0.25, -0.2) is 0 Å². The van der Waals surface area contributed by atoms with Crippen molar-refractivity contribution in [2.45, 2.75) is 6.92 Å². The number of ether oxygens (including phenoxy) is 2. The van der Waals surface area contributed by atoms with Crippen LogP contribution in [0.4, 0.5) is 0 Å². The molecule has 4 heteroatoms. The summed E-state index contributed by atoms with van der Waals surface area (Å²) in [6.07, 6.45) is 1.67. The lowest BCUT2D eigenvalue weighted by molar-refractivity contribution is -0.139. The molecule has 88 valence electrons. The Labute approximate surface area is 100 Å². The van der Waals surface area contributed by atoms with Gasteiger partial charge in [0.2, 0.25) is 0 Å². The summed E-state index contributed by atoms with van der Waals surface area (Å²) in [7, 11) is 1.59. The smallest absolute Gasteiger partial charge is 0.302 e. The Morgan fingerprint density at radius 2 is 2.06 bits per heavy atom. The van der Waals surface area contributed by atoms with Crippen molar-refractivity contribution >= 4 is 12.0 Å². The fourth-order valence-corrected chi connectivity index (χ4v) is 1.19. The Kier molecular flexibility index (Phi) is 4.77. The quantitative estimate of drug-likeness (QED) is 0.588. The van der Waals surface area contributed by atoms with E-state index < -0.39 is 5.97 Å². The second kappa shape index (κ2) is 6.33. The zero-order valence-corrected chi connectivity index (χ0v) is 9.77. The van der Waals surface area contributed by atoms with Gasteiger partial charge in [0.05, 0.1) is 18.8 Å². The van der Waals surface area contributed by atoms with Crippen LogP contribution in [0, 0.1) is 11.3 Å². The maximum atomic E-state index is 10.6. The second-order valence-corrected chi connectivity index (χ2v) is 3.33. The highest BCUT2D eigenvalue weighted by Gasteiger charge is 2.00. The summed E-state index contributed by atoms with van der Waals surface area (Å²) in [5, 5.41) is 8.87. The molecule has 1 aromatic carbocycles. The van der Waals surface area contributed by atoms with Crippen molar-refractivity contribution in [3.05, 3.63) is 35.4 Å². The van der Waals surface area contributed by atoms with E-state index in [0.717, 1.165) is 11.3 Å². The van der Waals surface area contributed by atoms with E-state index in [4.69, 9.17) is 14.7 Å². The fourth-order valence-electron chi connectivity index (χ4n) is 1.19. The van der Waals surface area contributed by atoms with Crippen LogP contribution in [-0.4, -0.2) is 19.7 Å². The Morgan fingerprint density at radius 1 is 1.41 bits per heavy atom. The minimum absolute atomic E-state index is 0.00212. The molecule has 4 nitrogen and oxygen atoms in total. The van der Waals surface area contributed by atoms with Crippen molar-refractivity contribution in [2.75, 3.05) is 13.7 Å². The van der Waals surface area contributed by atoms with Crippen molar-refractivity contribution in [2.24, 2.45) is 0 Å². The van der Waals surface area contributed by atoms with E-state index in [1.165, 1.54) is 6.92 Å². The molecule has 0 heterocycles. The molecule has 0 atom stereocenters. The first kappa shape index (κ1) is 12.8. The summed E-state index contributed by atoms with van der Waals surface area (Å²) in [5.74, 6) is 0.349. The van der Waals surface area contributed by atoms with E-state index in [1.54, 1.807) is 25.3 Å². The molecule has 0 aliphatic heterocycles. The number of carbonyl (C=O) groups excluding carboxylic acids is 1. The average Bonchev–Trinajstić information content (AvgIpc) is 2.35. The van der Waals surface area contributed by atoms with Gasteiger partial charge in [0.1, 0.15) is 12.4 Å². The van der Waals surface area contributed by atoms with Crippen molar-refractivity contribution in [1.82, 2.24) is 0 Å². The Balaban J connectivity index is 2.76. The summed E-state index contributed by atoms with van der Waals surface area (Å²) in [6, 6.07) is 9.23. The summed E-state index contributed by atoms with van der Waals surface area (Å²) in [5.41, 5.74) is 1.25. The molecule has 1 rings (SSSR count). The zero-order chi connectivity index (χ0) is 12.7. The molecule has 0 amide bonds. The van der Waals surface area contributed by atoms with Crippen LogP contribution in [0.1, 0.15) is 12.5 Å². The topological polar surface area (TPSA) is 59.3 Å². The van der Waals surface area contributed by atoms with Gasteiger partial charge in [-0.15, -0.1) is 0 Å². The molecule has 0 aromatic heterocycles. The van der Waals surface area contributed by atoms with Crippen LogP contribution in [0.3, 0.4) is 0 Å². The number of nitriles is 1. The Morgan fingerprint density at radius 3 is 2.53 bits per heavy atom. The third-order valence-electron chi connectivity index (χ3n) is 2.03. The minimum atomic E-state index is -0.402. The van der Waals surface area contributed by atoms with Crippen LogP contribution in [0.2, 0.25) is 0 Å². The number of carbonyl (C=O) groups is 1. The molecule has 0 saturated heterocycles. The van der Waals surface area contributed by atoms with Gasteiger partial charge < -0.3 is 9.47 Å². The van der Waals surface area contributed by atoms with Crippen molar-refractivity contribution < 1.29 is 14.3 Å². The molecule has 0 saturated carbocycles. The molecule has 0 aliphatic carbocycles. The molecule has 1 aromatic rings. The molecule has 0 fully saturated rings. The highest BCUT2D eigenvalue weighted by molar-refractivity contribution is 5.67. The maximum absolute atomic E-state index is 10.6. The largest absolute Gasteiger partial charge is 0.497 e. The summed E-state index contributed by atoms with van der Waals surface area (Å²) in [6.45, 7) is 1.31. The normalized spacial score (nSPS) is 10.5. The first-order valence-corrected chi connectivity index (χ1v) is 5.04. The van der Waals surface area contributed by atoms with E-state index in [0.29, 0.717) is 5.57 Å². The van der Waals surface area contributed by atoms with Crippen LogP contribution in [0.15, 0.2) is 29.8 Å². The van der Waals surface area contributed by atoms with Gasteiger partial charge in [-0.1, -0.05) is 12.1 Å². The molecule has 0 bridgehead atoms. The van der Waals surface area contributed by atoms with Crippen molar-refractivity contribution in [1.29, 1.82) is 5.26 Å². The van der Waals surface area contributed by atoms with Gasteiger partial charge >= 0.3 is 5.97 Å². The predicted octanol–water partition coefficient (Wildman–Crippen LogP) is 2.17. The van der Waals surface area contributed by atoms with Gasteiger partial charge in [-0.3, -0.25) is 4.79 Å². The van der Waals surface area contributed by atoms with Crippen molar-refractivity contribution in [3.63, 3.8) is 0 Å². The second-order valence-electron chi connectivity index (χ2n) is 3.33. The van der Waals surface area contributed by atoms with Crippen LogP contribution < -0.4 is 4.74 Å². The highest BCUT2D eigenvalue weighted by atomic mass is 16.5. The van der Waals surface area contributed by atoms with Crippen LogP contribution in [-0.2, 0) is 9.53 Å². The lowest BCUT2D eigenvalue weighted by Crippen LogP contribution is -2.02. The van der Waals surface area contributed by atoms with Crippen molar-refractivity contribution in [3.8, 4) is 11.8 Å². The molecule has 0 aliphatic rings. The van der Waals surface area contributed by atoms with Crippen LogP contribution in [0.5, 0.6) is 5.75 Å². The third-order valence-corrected chi connectivity index (χ3v) is 2.03. The monoisotopic (exact) mass is 231 g/mol. The molecular formula is C13H13NO3. The van der Waals surface area contributed by atoms with Gasteiger partial charge in [0.15, 0.2) is 0 Å². The predicted molar refractivity (Wildman–Crippen MR) is 63.2 cm³/mol. The summed E-state index contributed by atoms with van der Waals surface area (Å²) in [4.78, 5) is 10.6. The van der Waals surface area contributed by atoms with Gasteiger partial charge in [-0.2, -0.15) is 5.26 Å². The number of benzene rings is 1. The van der Waals surface area contributed by atoms with Crippen LogP contribution in [0.25, 0.3) is 6.08 Å². The zero-order valence-electron chi connectivity index (χ0n) is 9.77. The number of esters is 1. The van der Waals surface area contributed by atoms with E-state index in [9.17, 15) is 4.79 Å². The van der Waals surface area contributed by atoms with E-state index >= 15 is 0 Å². The first-order valence-electron chi connectivity index (χ1n) is 5.04. The van der Waals surface area contributed by atoms with Gasteiger partial charge in [0.25, 0.3) is 0 Å². The summed E-state index contributed by atoms with van der Waals surface area (Å²) < 4.78 is 9.78. The van der Waals surface area contributed by atoms with Gasteiger partial charge in [-0.05, 0) is 23.8 Å². The lowest BCUT2D eigenvalue weighted by Gasteiger charge is -2.01. The lowest BCUT2D eigenvalue weighted by atomic mass is 10.1. The standard InChI is InChI=1S/C13H13NO3/c1-10(15)17-9-12(8-14)7-11-3-5-13(16-2)6-4-11/h3-7H,9H2,1-2H3/b12-7-. The van der Waals surface area contributed by atoms with Gasteiger partial charge in [0, 0.05) is 6.92 Å². The number of methoxy groups -OCH3 is 1. The number of nitrogens with zero attached hydrogens (tertiary/aromatic N) is 1. The van der Waals surface area contributed by atoms with E-state index in [2.05, 4.69) is 0 Å². The number of hydrogen-bond acceptors (Lipinski definition) is 4. The average molecular weight is 231 g/mol. The minimum Gasteiger partial charge on any atom is -0.497 e. The number of rotatable bonds is 4. The Bertz CT molecular complexity index is 455. The number of hydrogen-bond donors (Lipinski definition) is 0. The summed E-state index contributed by atoms with van der Waals surface area (Å²) >= 11 is 0. The van der Waals surface area contributed by atoms with E-state index in [-0.39, 0.29) is 6.61 Å². The molecule has 0 radical (unpaired) electrons. The SMILES string of the molecule is COc1ccc(/C=C(/C#N)COC(C)=O)cc1.